The second kappa shape index (κ2) is 6.35. The van der Waals surface area contributed by atoms with Crippen molar-refractivity contribution in [1.29, 1.82) is 5.26 Å². The van der Waals surface area contributed by atoms with E-state index in [0.29, 0.717) is 5.56 Å². The number of nitrogens with zero attached hydrogens (tertiary/aromatic N) is 1. The van der Waals surface area contributed by atoms with Crippen LogP contribution in [-0.4, -0.2) is 40.1 Å². The Bertz CT molecular complexity index is 701. The molecule has 2 N–H and O–H groups in total. The molecule has 6 nitrogen and oxygen atoms in total. The Labute approximate surface area is 119 Å². The van der Waals surface area contributed by atoms with E-state index in [1.807, 2.05) is 6.07 Å². The van der Waals surface area contributed by atoms with Crippen LogP contribution in [0.15, 0.2) is 29.2 Å². The highest BCUT2D eigenvalue weighted by molar-refractivity contribution is 7.95. The van der Waals surface area contributed by atoms with Gasteiger partial charge in [-0.25, -0.2) is 16.8 Å². The summed E-state index contributed by atoms with van der Waals surface area (Å²) in [5.41, 5.74) is 5.62. The van der Waals surface area contributed by atoms with E-state index < -0.39 is 36.4 Å². The number of sulfone groups is 2. The Morgan fingerprint density at radius 2 is 1.70 bits per heavy atom. The molecule has 0 fully saturated rings. The lowest BCUT2D eigenvalue weighted by atomic mass is 10.2. The van der Waals surface area contributed by atoms with Crippen molar-refractivity contribution in [2.45, 2.75) is 17.1 Å². The average molecular weight is 316 g/mol. The number of nitriles is 1. The predicted octanol–water partition coefficient (Wildman–Crippen LogP) is 0.0940. The van der Waals surface area contributed by atoms with Gasteiger partial charge in [0.25, 0.3) is 0 Å². The van der Waals surface area contributed by atoms with Crippen molar-refractivity contribution in [2.75, 3.05) is 18.1 Å². The summed E-state index contributed by atoms with van der Waals surface area (Å²) in [6.07, 6.45) is 0. The number of benzene rings is 1. The van der Waals surface area contributed by atoms with Crippen LogP contribution in [0, 0.1) is 11.3 Å². The zero-order valence-corrected chi connectivity index (χ0v) is 12.6. The zero-order chi connectivity index (χ0) is 15.4. The minimum Gasteiger partial charge on any atom is -0.329 e. The van der Waals surface area contributed by atoms with Crippen molar-refractivity contribution in [3.05, 3.63) is 29.8 Å². The van der Waals surface area contributed by atoms with E-state index in [1.165, 1.54) is 31.2 Å². The molecular formula is C12H16N2O4S2. The lowest BCUT2D eigenvalue weighted by molar-refractivity contribution is 0.580. The van der Waals surface area contributed by atoms with Crippen LogP contribution in [0.5, 0.6) is 0 Å². The van der Waals surface area contributed by atoms with Crippen LogP contribution < -0.4 is 5.73 Å². The Kier molecular flexibility index (Phi) is 5.28. The van der Waals surface area contributed by atoms with Crippen molar-refractivity contribution in [1.82, 2.24) is 0 Å². The lowest BCUT2D eigenvalue weighted by Gasteiger charge is -2.10. The van der Waals surface area contributed by atoms with Gasteiger partial charge in [-0.15, -0.1) is 0 Å². The lowest BCUT2D eigenvalue weighted by Crippen LogP contribution is -2.31. The first-order valence-corrected chi connectivity index (χ1v) is 9.24. The van der Waals surface area contributed by atoms with Crippen molar-refractivity contribution in [3.63, 3.8) is 0 Å². The molecule has 1 unspecified atom stereocenters. The molecule has 0 aliphatic rings. The molecule has 0 aliphatic carbocycles. The molecule has 0 saturated heterocycles. The Morgan fingerprint density at radius 1 is 1.15 bits per heavy atom. The minimum absolute atomic E-state index is 0.00658. The highest BCUT2D eigenvalue weighted by Gasteiger charge is 2.24. The van der Waals surface area contributed by atoms with E-state index in [1.54, 1.807) is 0 Å². The summed E-state index contributed by atoms with van der Waals surface area (Å²) < 4.78 is 47.5. The molecule has 1 aromatic rings. The van der Waals surface area contributed by atoms with Crippen molar-refractivity contribution in [3.8, 4) is 6.07 Å². The number of nitrogens with two attached hydrogens (primary N) is 1. The Hall–Kier alpha value is -1.43. The normalized spacial score (nSPS) is 13.7. The molecule has 0 amide bonds. The first kappa shape index (κ1) is 16.6. The summed E-state index contributed by atoms with van der Waals surface area (Å²) in [4.78, 5) is 0.00658. The van der Waals surface area contributed by atoms with Crippen molar-refractivity contribution in [2.24, 2.45) is 5.73 Å². The predicted molar refractivity (Wildman–Crippen MR) is 75.5 cm³/mol. The molecule has 0 radical (unpaired) electrons. The quantitative estimate of drug-likeness (QED) is 0.795. The summed E-state index contributed by atoms with van der Waals surface area (Å²) in [7, 11) is -7.21. The first-order valence-electron chi connectivity index (χ1n) is 5.87. The molecule has 110 valence electrons. The largest absolute Gasteiger partial charge is 0.329 e. The van der Waals surface area contributed by atoms with Gasteiger partial charge < -0.3 is 5.73 Å². The summed E-state index contributed by atoms with van der Waals surface area (Å²) in [6.45, 7) is 1.41. The highest BCUT2D eigenvalue weighted by Crippen LogP contribution is 2.13. The van der Waals surface area contributed by atoms with Gasteiger partial charge in [-0.2, -0.15) is 5.26 Å². The van der Waals surface area contributed by atoms with E-state index in [4.69, 9.17) is 11.0 Å². The van der Waals surface area contributed by atoms with Gasteiger partial charge >= 0.3 is 0 Å². The average Bonchev–Trinajstić information content (AvgIpc) is 2.44. The van der Waals surface area contributed by atoms with Crippen LogP contribution in [0.25, 0.3) is 0 Å². The molecule has 0 aliphatic heterocycles. The maximum atomic E-state index is 12.0. The SMILES string of the molecule is CC(CN)S(=O)(=O)CCS(=O)(=O)c1ccc(C#N)cc1. The minimum atomic E-state index is -3.69. The van der Waals surface area contributed by atoms with Crippen LogP contribution in [0.1, 0.15) is 12.5 Å². The van der Waals surface area contributed by atoms with Gasteiger partial charge in [0.05, 0.1) is 33.3 Å². The molecule has 0 saturated carbocycles. The third kappa shape index (κ3) is 4.03. The highest BCUT2D eigenvalue weighted by atomic mass is 32.2. The molecule has 0 aromatic heterocycles. The smallest absolute Gasteiger partial charge is 0.179 e. The topological polar surface area (TPSA) is 118 Å². The summed E-state index contributed by atoms with van der Waals surface area (Å²) in [5, 5.41) is 7.87. The van der Waals surface area contributed by atoms with E-state index >= 15 is 0 Å². The number of hydrogen-bond donors (Lipinski definition) is 1. The van der Waals surface area contributed by atoms with E-state index in [0.717, 1.165) is 0 Å². The summed E-state index contributed by atoms with van der Waals surface area (Å²) in [5.74, 6) is -0.959. The van der Waals surface area contributed by atoms with Crippen LogP contribution in [0.2, 0.25) is 0 Å². The van der Waals surface area contributed by atoms with E-state index in [-0.39, 0.29) is 11.4 Å². The second-order valence-corrected chi connectivity index (χ2v) is 9.02. The van der Waals surface area contributed by atoms with Gasteiger partial charge in [-0.1, -0.05) is 0 Å². The molecule has 1 aromatic carbocycles. The summed E-state index contributed by atoms with van der Waals surface area (Å²) >= 11 is 0. The molecule has 8 heteroatoms. The fourth-order valence-electron chi connectivity index (χ4n) is 1.43. The molecule has 0 bridgehead atoms. The third-order valence-corrected chi connectivity index (χ3v) is 7.11. The Balaban J connectivity index is 2.88. The van der Waals surface area contributed by atoms with Gasteiger partial charge in [-0.3, -0.25) is 0 Å². The maximum Gasteiger partial charge on any atom is 0.179 e. The fraction of sp³-hybridized carbons (Fsp3) is 0.417. The van der Waals surface area contributed by atoms with Crippen LogP contribution in [0.4, 0.5) is 0 Å². The second-order valence-electron chi connectivity index (χ2n) is 4.37. The van der Waals surface area contributed by atoms with Crippen LogP contribution in [-0.2, 0) is 19.7 Å². The van der Waals surface area contributed by atoms with Gasteiger partial charge in [-0.05, 0) is 31.2 Å². The van der Waals surface area contributed by atoms with Crippen molar-refractivity contribution >= 4 is 19.7 Å². The molecule has 1 rings (SSSR count). The Morgan fingerprint density at radius 3 is 2.15 bits per heavy atom. The van der Waals surface area contributed by atoms with Gasteiger partial charge in [0, 0.05) is 6.54 Å². The van der Waals surface area contributed by atoms with E-state index in [2.05, 4.69) is 0 Å². The molecule has 0 heterocycles. The molecule has 1 atom stereocenters. The molecular weight excluding hydrogens is 300 g/mol. The zero-order valence-electron chi connectivity index (χ0n) is 11.0. The van der Waals surface area contributed by atoms with Crippen LogP contribution in [0.3, 0.4) is 0 Å². The third-order valence-electron chi connectivity index (χ3n) is 2.92. The summed E-state index contributed by atoms with van der Waals surface area (Å²) in [6, 6.07) is 7.23. The fourth-order valence-corrected chi connectivity index (χ4v) is 4.72. The van der Waals surface area contributed by atoms with Crippen molar-refractivity contribution < 1.29 is 16.8 Å². The molecule has 20 heavy (non-hydrogen) atoms. The van der Waals surface area contributed by atoms with Gasteiger partial charge in [0.1, 0.15) is 0 Å². The van der Waals surface area contributed by atoms with E-state index in [9.17, 15) is 16.8 Å². The standard InChI is InChI=1S/C12H16N2O4S2/c1-10(8-13)19(15,16)6-7-20(17,18)12-4-2-11(9-14)3-5-12/h2-5,10H,6-8,13H2,1H3. The van der Waals surface area contributed by atoms with Crippen LogP contribution >= 0.6 is 0 Å². The maximum absolute atomic E-state index is 12.0. The first-order chi connectivity index (χ1) is 9.23. The van der Waals surface area contributed by atoms with Gasteiger partial charge in [0.2, 0.25) is 0 Å². The monoisotopic (exact) mass is 316 g/mol. The molecule has 0 spiro atoms. The number of hydrogen-bond acceptors (Lipinski definition) is 6. The van der Waals surface area contributed by atoms with Gasteiger partial charge in [0.15, 0.2) is 19.7 Å². The number of rotatable bonds is 6.